The molecule has 5 heteroatoms. The number of nitrogens with two attached hydrogens (primary N) is 1. The highest BCUT2D eigenvalue weighted by Gasteiger charge is 2.15. The van der Waals surface area contributed by atoms with Crippen LogP contribution in [0.5, 0.6) is 0 Å². The number of carbonyl (C=O) groups is 1. The number of halogens is 1. The fraction of sp³-hybridized carbons (Fsp3) is 0.278. The van der Waals surface area contributed by atoms with E-state index in [0.29, 0.717) is 11.3 Å². The van der Waals surface area contributed by atoms with E-state index in [1.54, 1.807) is 24.3 Å². The molecule has 0 bridgehead atoms. The molecule has 0 spiro atoms. The first kappa shape index (κ1) is 19.0. The summed E-state index contributed by atoms with van der Waals surface area (Å²) in [5, 5.41) is 3.12. The minimum absolute atomic E-state index is 0. The number of carbonyl (C=O) groups excluding carboxylic acids is 1. The van der Waals surface area contributed by atoms with Gasteiger partial charge < -0.3 is 16.0 Å². The van der Waals surface area contributed by atoms with E-state index in [1.165, 1.54) is 0 Å². The van der Waals surface area contributed by atoms with Gasteiger partial charge in [-0.25, -0.2) is 0 Å². The molecule has 0 aliphatic carbocycles. The summed E-state index contributed by atoms with van der Waals surface area (Å²) in [6.07, 6.45) is 0.859. The Hall–Kier alpha value is -2.04. The first-order valence-electron chi connectivity index (χ1n) is 7.42. The molecule has 2 aromatic carbocycles. The summed E-state index contributed by atoms with van der Waals surface area (Å²) in [4.78, 5) is 14.5. The van der Waals surface area contributed by atoms with Crippen LogP contribution in [0.2, 0.25) is 0 Å². The van der Waals surface area contributed by atoms with Crippen LogP contribution in [0.4, 0.5) is 5.69 Å². The molecule has 2 aromatic rings. The number of benzene rings is 2. The highest BCUT2D eigenvalue weighted by molar-refractivity contribution is 5.94. The summed E-state index contributed by atoms with van der Waals surface area (Å²) >= 11 is 0. The molecular formula is C18H24ClN3O. The molecule has 124 valence electrons. The van der Waals surface area contributed by atoms with Gasteiger partial charge in [0, 0.05) is 11.3 Å². The van der Waals surface area contributed by atoms with Crippen molar-refractivity contribution < 1.29 is 4.79 Å². The lowest BCUT2D eigenvalue weighted by atomic mass is 10.0. The van der Waals surface area contributed by atoms with E-state index in [0.717, 1.165) is 18.5 Å². The lowest BCUT2D eigenvalue weighted by molar-refractivity contribution is 0.0933. The van der Waals surface area contributed by atoms with Gasteiger partial charge in [0.05, 0.1) is 6.04 Å². The van der Waals surface area contributed by atoms with Crippen LogP contribution in [0.25, 0.3) is 0 Å². The number of nitrogens with one attached hydrogen (secondary N) is 1. The molecule has 0 saturated heterocycles. The summed E-state index contributed by atoms with van der Waals surface area (Å²) in [5.74, 6) is -0.0763. The smallest absolute Gasteiger partial charge is 0.251 e. The largest absolute Gasteiger partial charge is 0.399 e. The maximum Gasteiger partial charge on any atom is 0.251 e. The second-order valence-corrected chi connectivity index (χ2v) is 5.65. The van der Waals surface area contributed by atoms with Crippen molar-refractivity contribution in [2.75, 3.05) is 26.4 Å². The lowest BCUT2D eigenvalue weighted by Gasteiger charge is -2.21. The summed E-state index contributed by atoms with van der Waals surface area (Å²) in [7, 11) is 4.06. The Balaban J connectivity index is 0.00000264. The van der Waals surface area contributed by atoms with E-state index in [2.05, 4.69) is 10.2 Å². The first-order valence-corrected chi connectivity index (χ1v) is 7.42. The predicted octanol–water partition coefficient (Wildman–Crippen LogP) is 3.11. The van der Waals surface area contributed by atoms with E-state index in [9.17, 15) is 4.79 Å². The number of amides is 1. The number of hydrogen-bond donors (Lipinski definition) is 2. The Morgan fingerprint density at radius 2 is 1.70 bits per heavy atom. The number of anilines is 1. The summed E-state index contributed by atoms with van der Waals surface area (Å²) in [6.45, 7) is 0.904. The molecule has 0 heterocycles. The molecule has 2 rings (SSSR count). The Morgan fingerprint density at radius 3 is 2.26 bits per heavy atom. The van der Waals surface area contributed by atoms with Crippen molar-refractivity contribution in [3.63, 3.8) is 0 Å². The number of rotatable bonds is 6. The fourth-order valence-electron chi connectivity index (χ4n) is 2.27. The number of nitrogens with zero attached hydrogens (tertiary/aromatic N) is 1. The molecule has 1 atom stereocenters. The van der Waals surface area contributed by atoms with Gasteiger partial charge in [-0.05, 0) is 56.9 Å². The van der Waals surface area contributed by atoms with Crippen molar-refractivity contribution in [1.29, 1.82) is 0 Å². The van der Waals surface area contributed by atoms with Gasteiger partial charge in [0.15, 0.2) is 0 Å². The van der Waals surface area contributed by atoms with E-state index < -0.39 is 0 Å². The van der Waals surface area contributed by atoms with Crippen LogP contribution in [-0.4, -0.2) is 31.4 Å². The summed E-state index contributed by atoms with van der Waals surface area (Å²) in [6, 6.07) is 17.0. The van der Waals surface area contributed by atoms with Crippen LogP contribution in [0, 0.1) is 0 Å². The van der Waals surface area contributed by atoms with Gasteiger partial charge in [-0.15, -0.1) is 12.4 Å². The van der Waals surface area contributed by atoms with E-state index in [-0.39, 0.29) is 24.4 Å². The van der Waals surface area contributed by atoms with Crippen LogP contribution in [0.15, 0.2) is 54.6 Å². The SMILES string of the molecule is CN(C)CCC(NC(=O)c1ccc(N)cc1)c1ccccc1.Cl. The van der Waals surface area contributed by atoms with E-state index in [1.807, 2.05) is 44.4 Å². The van der Waals surface area contributed by atoms with Gasteiger partial charge in [-0.3, -0.25) is 4.79 Å². The van der Waals surface area contributed by atoms with Gasteiger partial charge in [0.2, 0.25) is 0 Å². The monoisotopic (exact) mass is 333 g/mol. The molecule has 23 heavy (non-hydrogen) atoms. The second-order valence-electron chi connectivity index (χ2n) is 5.65. The minimum atomic E-state index is -0.0763. The topological polar surface area (TPSA) is 58.4 Å². The third kappa shape index (κ3) is 5.93. The number of nitrogen functional groups attached to an aromatic ring is 1. The van der Waals surface area contributed by atoms with Crippen molar-refractivity contribution in [3.8, 4) is 0 Å². The van der Waals surface area contributed by atoms with E-state index in [4.69, 9.17) is 5.73 Å². The van der Waals surface area contributed by atoms with Crippen LogP contribution < -0.4 is 11.1 Å². The van der Waals surface area contributed by atoms with Crippen LogP contribution in [-0.2, 0) is 0 Å². The standard InChI is InChI=1S/C18H23N3O.ClH/c1-21(2)13-12-17(14-6-4-3-5-7-14)20-18(22)15-8-10-16(19)11-9-15;/h3-11,17H,12-13,19H2,1-2H3,(H,20,22);1H. The first-order chi connectivity index (χ1) is 10.6. The Kier molecular flexibility index (Phi) is 7.59. The van der Waals surface area contributed by atoms with Gasteiger partial charge in [0.1, 0.15) is 0 Å². The zero-order valence-corrected chi connectivity index (χ0v) is 14.3. The molecule has 0 saturated carbocycles. The molecule has 0 aromatic heterocycles. The molecule has 1 amide bonds. The molecule has 0 aliphatic heterocycles. The minimum Gasteiger partial charge on any atom is -0.399 e. The average Bonchev–Trinajstić information content (AvgIpc) is 2.52. The molecule has 0 radical (unpaired) electrons. The Labute approximate surface area is 144 Å². The molecule has 0 fully saturated rings. The van der Waals surface area contributed by atoms with Gasteiger partial charge in [-0.2, -0.15) is 0 Å². The second kappa shape index (κ2) is 9.18. The zero-order valence-electron chi connectivity index (χ0n) is 13.5. The van der Waals surface area contributed by atoms with Crippen LogP contribution in [0.1, 0.15) is 28.4 Å². The quantitative estimate of drug-likeness (QED) is 0.798. The maximum atomic E-state index is 12.4. The van der Waals surface area contributed by atoms with E-state index >= 15 is 0 Å². The van der Waals surface area contributed by atoms with Gasteiger partial charge in [0.25, 0.3) is 5.91 Å². The normalized spacial score (nSPS) is 11.6. The third-order valence-electron chi connectivity index (χ3n) is 3.55. The fourth-order valence-corrected chi connectivity index (χ4v) is 2.27. The Bertz CT molecular complexity index is 599. The molecule has 4 nitrogen and oxygen atoms in total. The van der Waals surface area contributed by atoms with Crippen molar-refractivity contribution in [2.45, 2.75) is 12.5 Å². The third-order valence-corrected chi connectivity index (χ3v) is 3.55. The molecule has 3 N–H and O–H groups in total. The van der Waals surface area contributed by atoms with Gasteiger partial charge in [-0.1, -0.05) is 30.3 Å². The lowest BCUT2D eigenvalue weighted by Crippen LogP contribution is -2.31. The van der Waals surface area contributed by atoms with Gasteiger partial charge >= 0.3 is 0 Å². The van der Waals surface area contributed by atoms with Crippen molar-refractivity contribution in [2.24, 2.45) is 0 Å². The molecular weight excluding hydrogens is 310 g/mol. The van der Waals surface area contributed by atoms with Crippen molar-refractivity contribution >= 4 is 24.0 Å². The van der Waals surface area contributed by atoms with Crippen molar-refractivity contribution in [1.82, 2.24) is 10.2 Å². The Morgan fingerprint density at radius 1 is 1.09 bits per heavy atom. The summed E-state index contributed by atoms with van der Waals surface area (Å²) < 4.78 is 0. The molecule has 1 unspecified atom stereocenters. The predicted molar refractivity (Wildman–Crippen MR) is 97.9 cm³/mol. The number of hydrogen-bond acceptors (Lipinski definition) is 3. The summed E-state index contributed by atoms with van der Waals surface area (Å²) in [5.41, 5.74) is 8.06. The average molecular weight is 334 g/mol. The van der Waals surface area contributed by atoms with Crippen molar-refractivity contribution in [3.05, 3.63) is 65.7 Å². The van der Waals surface area contributed by atoms with Crippen LogP contribution in [0.3, 0.4) is 0 Å². The molecule has 0 aliphatic rings. The van der Waals surface area contributed by atoms with Crippen LogP contribution >= 0.6 is 12.4 Å². The highest BCUT2D eigenvalue weighted by Crippen LogP contribution is 2.18. The zero-order chi connectivity index (χ0) is 15.9. The maximum absolute atomic E-state index is 12.4. The highest BCUT2D eigenvalue weighted by atomic mass is 35.5.